The van der Waals surface area contributed by atoms with Crippen molar-refractivity contribution in [3.63, 3.8) is 0 Å². The van der Waals surface area contributed by atoms with Crippen LogP contribution in [0.3, 0.4) is 0 Å². The van der Waals surface area contributed by atoms with Gasteiger partial charge in [-0.15, -0.1) is 0 Å². The van der Waals surface area contributed by atoms with Gasteiger partial charge < -0.3 is 21.2 Å². The molecule has 2 rings (SSSR count). The third-order valence-corrected chi connectivity index (χ3v) is 5.66. The number of nitrogens with one attached hydrogen (secondary N) is 3. The first-order valence-electron chi connectivity index (χ1n) is 10.7. The van der Waals surface area contributed by atoms with E-state index in [0.29, 0.717) is 41.4 Å². The summed E-state index contributed by atoms with van der Waals surface area (Å²) in [5, 5.41) is 21.2. The van der Waals surface area contributed by atoms with Gasteiger partial charge in [0.1, 0.15) is 6.04 Å². The molecule has 1 saturated heterocycles. The van der Waals surface area contributed by atoms with Crippen LogP contribution in [0.1, 0.15) is 45.6 Å². The lowest BCUT2D eigenvalue weighted by atomic mass is 9.87. The smallest absolute Gasteiger partial charge is 0.244 e. The topological polar surface area (TPSA) is 120 Å². The van der Waals surface area contributed by atoms with Crippen LogP contribution >= 0.6 is 23.2 Å². The van der Waals surface area contributed by atoms with Crippen molar-refractivity contribution in [3.05, 3.63) is 39.9 Å². The number of halogens is 2. The van der Waals surface area contributed by atoms with Crippen LogP contribution in [-0.4, -0.2) is 47.8 Å². The zero-order valence-corrected chi connectivity index (χ0v) is 20.4. The summed E-state index contributed by atoms with van der Waals surface area (Å²) in [6, 6.07) is 3.43. The molecule has 1 fully saturated rings. The molecule has 3 atom stereocenters. The summed E-state index contributed by atoms with van der Waals surface area (Å²) in [6.45, 7) is 6.45. The highest BCUT2D eigenvalue weighted by molar-refractivity contribution is 6.35. The Morgan fingerprint density at radius 1 is 1.30 bits per heavy atom. The molecule has 8 nitrogen and oxygen atoms in total. The predicted molar refractivity (Wildman–Crippen MR) is 129 cm³/mol. The molecule has 2 unspecified atom stereocenters. The Balaban J connectivity index is 2.09. The second-order valence-electron chi connectivity index (χ2n) is 9.22. The highest BCUT2D eigenvalue weighted by Gasteiger charge is 2.30. The highest BCUT2D eigenvalue weighted by Crippen LogP contribution is 2.23. The van der Waals surface area contributed by atoms with Crippen LogP contribution in [0.25, 0.3) is 6.08 Å². The molecule has 0 aliphatic carbocycles. The molecule has 10 heteroatoms. The summed E-state index contributed by atoms with van der Waals surface area (Å²) in [5.74, 6) is -1.27. The maximum absolute atomic E-state index is 13.0. The Labute approximate surface area is 203 Å². The minimum Gasteiger partial charge on any atom is -0.411 e. The molecule has 33 heavy (non-hydrogen) atoms. The summed E-state index contributed by atoms with van der Waals surface area (Å²) >= 11 is 12.0. The Morgan fingerprint density at radius 2 is 2.03 bits per heavy atom. The molecule has 0 spiro atoms. The highest BCUT2D eigenvalue weighted by atomic mass is 35.5. The maximum Gasteiger partial charge on any atom is 0.244 e. The number of oxime groups is 1. The van der Waals surface area contributed by atoms with Gasteiger partial charge in [0.25, 0.3) is 0 Å². The van der Waals surface area contributed by atoms with E-state index in [0.717, 1.165) is 0 Å². The Morgan fingerprint density at radius 3 is 2.61 bits per heavy atom. The zero-order valence-electron chi connectivity index (χ0n) is 18.9. The monoisotopic (exact) mass is 496 g/mol. The largest absolute Gasteiger partial charge is 0.411 e. The van der Waals surface area contributed by atoms with Crippen LogP contribution < -0.4 is 16.0 Å². The zero-order chi connectivity index (χ0) is 24.6. The number of carbonyl (C=O) groups is 3. The Bertz CT molecular complexity index is 928. The Kier molecular flexibility index (Phi) is 9.73. The van der Waals surface area contributed by atoms with Crippen LogP contribution in [0.15, 0.2) is 29.4 Å². The lowest BCUT2D eigenvalue weighted by Crippen LogP contribution is -2.51. The van der Waals surface area contributed by atoms with Crippen molar-refractivity contribution < 1.29 is 19.6 Å². The van der Waals surface area contributed by atoms with Crippen molar-refractivity contribution in [1.29, 1.82) is 0 Å². The van der Waals surface area contributed by atoms with Gasteiger partial charge in [-0.2, -0.15) is 0 Å². The molecule has 180 valence electrons. The van der Waals surface area contributed by atoms with Crippen molar-refractivity contribution >= 4 is 53.2 Å². The number of benzene rings is 1. The van der Waals surface area contributed by atoms with Gasteiger partial charge in [0.2, 0.25) is 17.7 Å². The maximum atomic E-state index is 13.0. The van der Waals surface area contributed by atoms with E-state index in [1.165, 1.54) is 12.3 Å². The summed E-state index contributed by atoms with van der Waals surface area (Å²) in [5.41, 5.74) is 0.354. The van der Waals surface area contributed by atoms with Crippen molar-refractivity contribution in [3.8, 4) is 0 Å². The number of carbonyl (C=O) groups excluding carboxylic acids is 3. The summed E-state index contributed by atoms with van der Waals surface area (Å²) in [7, 11) is 0. The molecule has 0 radical (unpaired) electrons. The van der Waals surface area contributed by atoms with Crippen LogP contribution in [0.2, 0.25) is 10.0 Å². The molecule has 0 aromatic heterocycles. The number of hydrogen-bond acceptors (Lipinski definition) is 5. The van der Waals surface area contributed by atoms with E-state index in [1.54, 1.807) is 24.3 Å². The molecule has 1 aliphatic heterocycles. The minimum atomic E-state index is -0.838. The Hall–Kier alpha value is -2.58. The van der Waals surface area contributed by atoms with E-state index in [9.17, 15) is 14.4 Å². The minimum absolute atomic E-state index is 0.0915. The third-order valence-electron chi connectivity index (χ3n) is 5.10. The second kappa shape index (κ2) is 12.0. The van der Waals surface area contributed by atoms with Gasteiger partial charge in [0.15, 0.2) is 0 Å². The van der Waals surface area contributed by atoms with E-state index in [2.05, 4.69) is 21.1 Å². The second-order valence-corrected chi connectivity index (χ2v) is 10.1. The van der Waals surface area contributed by atoms with Gasteiger partial charge in [0.05, 0.1) is 12.3 Å². The van der Waals surface area contributed by atoms with E-state index in [1.807, 2.05) is 20.8 Å². The summed E-state index contributed by atoms with van der Waals surface area (Å²) in [4.78, 5) is 37.5. The molecule has 4 N–H and O–H groups in total. The van der Waals surface area contributed by atoms with Crippen LogP contribution in [0, 0.1) is 11.3 Å². The quantitative estimate of drug-likeness (QED) is 0.181. The van der Waals surface area contributed by atoms with Gasteiger partial charge in [-0.1, -0.05) is 55.2 Å². The number of hydrogen-bond donors (Lipinski definition) is 4. The number of amides is 3. The first-order valence-corrected chi connectivity index (χ1v) is 11.4. The predicted octanol–water partition coefficient (Wildman–Crippen LogP) is 3.40. The van der Waals surface area contributed by atoms with Gasteiger partial charge in [-0.05, 0) is 48.4 Å². The van der Waals surface area contributed by atoms with E-state index in [4.69, 9.17) is 28.4 Å². The average Bonchev–Trinajstić information content (AvgIpc) is 3.10. The van der Waals surface area contributed by atoms with Crippen molar-refractivity contribution in [2.75, 3.05) is 6.54 Å². The van der Waals surface area contributed by atoms with E-state index in [-0.39, 0.29) is 17.2 Å². The molecule has 0 bridgehead atoms. The van der Waals surface area contributed by atoms with Crippen molar-refractivity contribution in [2.24, 2.45) is 16.5 Å². The molecular formula is C23H30Cl2N4O4. The third kappa shape index (κ3) is 9.06. The fraction of sp³-hybridized carbons (Fsp3) is 0.478. The molecule has 1 aliphatic rings. The normalized spacial score (nSPS) is 18.3. The van der Waals surface area contributed by atoms with Crippen LogP contribution in [0.4, 0.5) is 0 Å². The standard InChI is InChI=1S/C23H30Cl2N4O4/c1-23(2,3)12-19(29-20(30)7-5-14-4-6-16(24)11-18(14)25)22(32)28-17(13-27-33)10-15-8-9-26-21(15)31/h4-7,11,13,15,17,19,33H,8-10,12H2,1-3H3,(H,26,31)(H,28,32)(H,29,30)/b7-5+,27-13?/t15?,17?,19-/m0/s1. The molecule has 1 aromatic rings. The van der Waals surface area contributed by atoms with E-state index >= 15 is 0 Å². The number of nitrogens with zero attached hydrogens (tertiary/aromatic N) is 1. The molecule has 1 aromatic carbocycles. The van der Waals surface area contributed by atoms with Gasteiger partial charge >= 0.3 is 0 Å². The average molecular weight is 497 g/mol. The molecular weight excluding hydrogens is 467 g/mol. The lowest BCUT2D eigenvalue weighted by Gasteiger charge is -2.27. The first kappa shape index (κ1) is 26.7. The van der Waals surface area contributed by atoms with Crippen LogP contribution in [0.5, 0.6) is 0 Å². The van der Waals surface area contributed by atoms with E-state index < -0.39 is 23.9 Å². The first-order chi connectivity index (χ1) is 15.5. The van der Waals surface area contributed by atoms with Crippen molar-refractivity contribution in [1.82, 2.24) is 16.0 Å². The SMILES string of the molecule is CC(C)(C)C[C@H](NC(=O)/C=C/c1ccc(Cl)cc1Cl)C(=O)NC(C=NO)CC1CCNC1=O. The molecule has 0 saturated carbocycles. The summed E-state index contributed by atoms with van der Waals surface area (Å²) in [6.07, 6.45) is 5.33. The molecule has 1 heterocycles. The lowest BCUT2D eigenvalue weighted by molar-refractivity contribution is -0.128. The van der Waals surface area contributed by atoms with Crippen molar-refractivity contribution in [2.45, 2.75) is 52.1 Å². The fourth-order valence-corrected chi connectivity index (χ4v) is 4.01. The van der Waals surface area contributed by atoms with Gasteiger partial charge in [-0.25, -0.2) is 0 Å². The van der Waals surface area contributed by atoms with Crippen LogP contribution in [-0.2, 0) is 14.4 Å². The summed E-state index contributed by atoms with van der Waals surface area (Å²) < 4.78 is 0. The number of rotatable bonds is 9. The van der Waals surface area contributed by atoms with Gasteiger partial charge in [-0.3, -0.25) is 14.4 Å². The molecule has 3 amide bonds. The van der Waals surface area contributed by atoms with Gasteiger partial charge in [0, 0.05) is 28.6 Å². The fourth-order valence-electron chi connectivity index (χ4n) is 3.54.